The van der Waals surface area contributed by atoms with Gasteiger partial charge in [-0.1, -0.05) is 32.1 Å². The highest BCUT2D eigenvalue weighted by Crippen LogP contribution is 2.81. The molecule has 3 aromatic rings. The van der Waals surface area contributed by atoms with Gasteiger partial charge in [0.25, 0.3) is 0 Å². The molecule has 9 rings (SSSR count). The molecule has 8 atom stereocenters. The number of furan rings is 1. The number of esters is 1. The number of Topliss-reactive ketones (excluding diaryl/α,β-unsaturated/α-hetero) is 1. The second-order valence-corrected chi connectivity index (χ2v) is 16.9. The van der Waals surface area contributed by atoms with Crippen LogP contribution >= 0.6 is 0 Å². The molecule has 11 nitrogen and oxygen atoms in total. The molecule has 8 unspecified atom stereocenters. The van der Waals surface area contributed by atoms with Crippen molar-refractivity contribution in [3.05, 3.63) is 106 Å². The lowest BCUT2D eigenvalue weighted by atomic mass is 9.38. The first-order valence-corrected chi connectivity index (χ1v) is 18.1. The molecule has 0 amide bonds. The third-order valence-corrected chi connectivity index (χ3v) is 13.6. The number of carbonyl (C=O) groups excluding carboxylic acids is 5. The quantitative estimate of drug-likeness (QED) is 0.149. The van der Waals surface area contributed by atoms with E-state index in [1.54, 1.807) is 51.5 Å². The maximum absolute atomic E-state index is 14.3. The molecule has 1 aliphatic heterocycles. The minimum atomic E-state index is -1.17. The van der Waals surface area contributed by atoms with E-state index in [0.29, 0.717) is 24.0 Å². The van der Waals surface area contributed by atoms with Gasteiger partial charge in [-0.2, -0.15) is 0 Å². The lowest BCUT2D eigenvalue weighted by Crippen LogP contribution is -2.70. The first-order valence-electron chi connectivity index (χ1n) is 18.1. The number of phenols is 2. The third-order valence-electron chi connectivity index (χ3n) is 13.6. The zero-order valence-corrected chi connectivity index (χ0v) is 31.1. The average molecular weight is 735 g/mol. The van der Waals surface area contributed by atoms with E-state index in [9.17, 15) is 39.3 Å². The normalized spacial score (nSPS) is 35.1. The Morgan fingerprint density at radius 1 is 0.907 bits per heavy atom. The number of aliphatic hydroxyl groups excluding tert-OH is 1. The van der Waals surface area contributed by atoms with Gasteiger partial charge in [0.15, 0.2) is 17.3 Å². The molecule has 280 valence electrons. The largest absolute Gasteiger partial charge is 0.507 e. The summed E-state index contributed by atoms with van der Waals surface area (Å²) in [7, 11) is 0. The summed E-state index contributed by atoms with van der Waals surface area (Å²) >= 11 is 0. The Bertz CT molecular complexity index is 2290. The molecule has 11 heteroatoms. The Morgan fingerprint density at radius 3 is 2.28 bits per heavy atom. The lowest BCUT2D eigenvalue weighted by Gasteiger charge is -2.64. The van der Waals surface area contributed by atoms with Gasteiger partial charge in [-0.15, -0.1) is 0 Å². The number of aliphatic hydroxyl groups is 1. The summed E-state index contributed by atoms with van der Waals surface area (Å²) in [5, 5.41) is 31.2. The standard InChI is InChI=1S/C28H32O7.C15H10O4/c1-14(29)34-17-12-26(5)16(15-8-10-33-13-15)11-19-28(26,35-19)27(6)21(17)25(4)9-7-18(30)24(2,3)22(25)20(31)23(27)32;1-7-5-9-13(11(17)6-7)15(19)12-8(14(9)18)3-2-4-10(12)16/h7-10,13,16-17,19,21,31H,11-12H2,1-6H3;2-6,16-17H,1H3. The van der Waals surface area contributed by atoms with E-state index in [1.165, 1.54) is 31.2 Å². The van der Waals surface area contributed by atoms with E-state index >= 15 is 0 Å². The number of aryl methyl sites for hydroxylation is 1. The van der Waals surface area contributed by atoms with Crippen LogP contribution in [0, 0.1) is 34.5 Å². The van der Waals surface area contributed by atoms with Gasteiger partial charge >= 0.3 is 5.97 Å². The molecule has 5 aliphatic carbocycles. The van der Waals surface area contributed by atoms with Crippen LogP contribution in [0.2, 0.25) is 0 Å². The number of rotatable bonds is 2. The molecule has 1 spiro atoms. The van der Waals surface area contributed by atoms with Crippen LogP contribution in [0.5, 0.6) is 11.5 Å². The summed E-state index contributed by atoms with van der Waals surface area (Å²) in [6.45, 7) is 12.5. The number of carbonyl (C=O) groups is 5. The van der Waals surface area contributed by atoms with Gasteiger partial charge in [-0.3, -0.25) is 24.0 Å². The zero-order chi connectivity index (χ0) is 39.1. The zero-order valence-electron chi connectivity index (χ0n) is 31.1. The van der Waals surface area contributed by atoms with Crippen LogP contribution in [-0.4, -0.2) is 62.2 Å². The molecular weight excluding hydrogens is 692 g/mol. The number of benzene rings is 2. The highest BCUT2D eigenvalue weighted by atomic mass is 16.6. The Kier molecular flexibility index (Phi) is 7.36. The van der Waals surface area contributed by atoms with E-state index in [-0.39, 0.29) is 63.1 Å². The number of epoxide rings is 1. The second kappa shape index (κ2) is 11.1. The Morgan fingerprint density at radius 2 is 1.61 bits per heavy atom. The van der Waals surface area contributed by atoms with Crippen molar-refractivity contribution in [1.82, 2.24) is 0 Å². The molecule has 0 bridgehead atoms. The number of hydrogen-bond acceptors (Lipinski definition) is 11. The molecular formula is C43H42O11. The fourth-order valence-corrected chi connectivity index (χ4v) is 11.6. The molecule has 54 heavy (non-hydrogen) atoms. The fourth-order valence-electron chi connectivity index (χ4n) is 11.6. The maximum atomic E-state index is 14.3. The first kappa shape index (κ1) is 35.7. The van der Waals surface area contributed by atoms with Crippen molar-refractivity contribution >= 4 is 29.1 Å². The second-order valence-electron chi connectivity index (χ2n) is 16.9. The number of ketones is 4. The van der Waals surface area contributed by atoms with Gasteiger partial charge in [-0.25, -0.2) is 0 Å². The summed E-state index contributed by atoms with van der Waals surface area (Å²) in [5.74, 6) is -3.21. The van der Waals surface area contributed by atoms with Crippen molar-refractivity contribution in [2.75, 3.05) is 0 Å². The minimum absolute atomic E-state index is 0.0374. The van der Waals surface area contributed by atoms with Crippen molar-refractivity contribution in [2.45, 2.75) is 85.0 Å². The Balaban J connectivity index is 0.000000183. The highest BCUT2D eigenvalue weighted by molar-refractivity contribution is 6.30. The van der Waals surface area contributed by atoms with Crippen LogP contribution < -0.4 is 0 Å². The average Bonchev–Trinajstić information content (AvgIpc) is 3.45. The van der Waals surface area contributed by atoms with Crippen molar-refractivity contribution in [2.24, 2.45) is 27.6 Å². The summed E-state index contributed by atoms with van der Waals surface area (Å²) in [4.78, 5) is 64.3. The van der Waals surface area contributed by atoms with Gasteiger partial charge in [0.2, 0.25) is 11.6 Å². The molecule has 0 radical (unpaired) electrons. The van der Waals surface area contributed by atoms with Gasteiger partial charge in [0.1, 0.15) is 23.2 Å². The molecule has 1 aromatic heterocycles. The molecule has 3 N–H and O–H groups in total. The van der Waals surface area contributed by atoms with Crippen LogP contribution in [0.3, 0.4) is 0 Å². The van der Waals surface area contributed by atoms with Gasteiger partial charge in [-0.05, 0) is 93.5 Å². The SMILES string of the molecule is CC(=O)OC1CC2(C)C(c3ccoc3)CC3OC32C2(C)C(=O)C(O)=C3C(C)(C)C(=O)C=CC3(C)C12.Cc1cc(O)c2c(c1)C(=O)c1cccc(O)c1C2=O. The number of hydrogen-bond donors (Lipinski definition) is 3. The van der Waals surface area contributed by atoms with Crippen molar-refractivity contribution < 1.29 is 53.2 Å². The van der Waals surface area contributed by atoms with Gasteiger partial charge in [0, 0.05) is 34.8 Å². The summed E-state index contributed by atoms with van der Waals surface area (Å²) in [5.41, 5.74) is -2.09. The first-order chi connectivity index (χ1) is 25.3. The highest BCUT2D eigenvalue weighted by Gasteiger charge is 2.89. The van der Waals surface area contributed by atoms with Crippen LogP contribution in [0.4, 0.5) is 0 Å². The molecule has 6 aliphatic rings. The van der Waals surface area contributed by atoms with Crippen molar-refractivity contribution in [1.29, 1.82) is 0 Å². The third kappa shape index (κ3) is 4.24. The Hall–Kier alpha value is -5.29. The van der Waals surface area contributed by atoms with E-state index < -0.39 is 56.8 Å². The molecule has 1 saturated heterocycles. The van der Waals surface area contributed by atoms with Crippen LogP contribution in [0.15, 0.2) is 76.8 Å². The minimum Gasteiger partial charge on any atom is -0.507 e. The number of ether oxygens (including phenoxy) is 2. The fraction of sp³-hybridized carbons (Fsp3) is 0.419. The number of allylic oxidation sites excluding steroid dienone is 4. The van der Waals surface area contributed by atoms with Gasteiger partial charge < -0.3 is 29.2 Å². The van der Waals surface area contributed by atoms with E-state index in [0.717, 1.165) is 5.56 Å². The molecule has 3 fully saturated rings. The molecule has 2 heterocycles. The van der Waals surface area contributed by atoms with E-state index in [4.69, 9.17) is 13.9 Å². The van der Waals surface area contributed by atoms with E-state index in [2.05, 4.69) is 6.92 Å². The number of aromatic hydroxyl groups is 2. The van der Waals surface area contributed by atoms with E-state index in [1.807, 2.05) is 19.9 Å². The Labute approximate surface area is 311 Å². The lowest BCUT2D eigenvalue weighted by molar-refractivity contribution is -0.200. The smallest absolute Gasteiger partial charge is 0.302 e. The maximum Gasteiger partial charge on any atom is 0.302 e. The van der Waals surface area contributed by atoms with Crippen LogP contribution in [-0.2, 0) is 23.9 Å². The predicted molar refractivity (Wildman–Crippen MR) is 192 cm³/mol. The van der Waals surface area contributed by atoms with Crippen LogP contribution in [0.25, 0.3) is 0 Å². The number of phenolic OH excluding ortho intramolecular Hbond substituents is 2. The predicted octanol–water partition coefficient (Wildman–Crippen LogP) is 6.62. The molecule has 2 saturated carbocycles. The summed E-state index contributed by atoms with van der Waals surface area (Å²) in [6.07, 6.45) is 7.17. The summed E-state index contributed by atoms with van der Waals surface area (Å²) < 4.78 is 17.9. The molecule has 2 aromatic carbocycles. The van der Waals surface area contributed by atoms with Crippen molar-refractivity contribution in [3.8, 4) is 11.5 Å². The summed E-state index contributed by atoms with van der Waals surface area (Å²) in [6, 6.07) is 9.30. The number of fused-ring (bicyclic) bond motifs is 5. The van der Waals surface area contributed by atoms with Gasteiger partial charge in [0.05, 0.1) is 40.6 Å². The monoisotopic (exact) mass is 734 g/mol. The van der Waals surface area contributed by atoms with Crippen molar-refractivity contribution in [3.63, 3.8) is 0 Å². The van der Waals surface area contributed by atoms with Crippen LogP contribution in [0.1, 0.15) is 103 Å². The topological polar surface area (TPSA) is 181 Å².